The molecular formula is C10H9BrO2. The molecule has 0 unspecified atom stereocenters. The van der Waals surface area contributed by atoms with E-state index in [2.05, 4.69) is 22.5 Å². The molecule has 0 saturated carbocycles. The summed E-state index contributed by atoms with van der Waals surface area (Å²) >= 11 is 3.33. The minimum atomic E-state index is -0.985. The van der Waals surface area contributed by atoms with Crippen LogP contribution in [0.4, 0.5) is 0 Å². The molecule has 3 heteroatoms. The van der Waals surface area contributed by atoms with Crippen molar-refractivity contribution in [1.82, 2.24) is 0 Å². The number of hydrogen-bond donors (Lipinski definition) is 1. The number of carbonyl (C=O) groups is 1. The van der Waals surface area contributed by atoms with E-state index < -0.39 is 5.97 Å². The first-order valence-electron chi connectivity index (χ1n) is 3.71. The zero-order valence-corrected chi connectivity index (χ0v) is 8.76. The second kappa shape index (κ2) is 3.75. The highest BCUT2D eigenvalue weighted by molar-refractivity contribution is 9.10. The number of hydrogen-bond acceptors (Lipinski definition) is 1. The molecule has 0 heterocycles. The van der Waals surface area contributed by atoms with Crippen LogP contribution in [0.3, 0.4) is 0 Å². The molecule has 0 spiro atoms. The van der Waals surface area contributed by atoms with Crippen LogP contribution in [0, 0.1) is 6.92 Å². The SMILES string of the molecule is C=C(C(=O)O)c1cccc(Br)c1C. The van der Waals surface area contributed by atoms with E-state index in [9.17, 15) is 4.79 Å². The monoisotopic (exact) mass is 240 g/mol. The second-order valence-electron chi connectivity index (χ2n) is 2.70. The van der Waals surface area contributed by atoms with Gasteiger partial charge in [0.1, 0.15) is 0 Å². The van der Waals surface area contributed by atoms with Gasteiger partial charge in [-0.05, 0) is 24.1 Å². The molecule has 0 aliphatic carbocycles. The average molecular weight is 241 g/mol. The Morgan fingerprint density at radius 1 is 1.54 bits per heavy atom. The molecule has 1 rings (SSSR count). The maximum absolute atomic E-state index is 10.6. The fourth-order valence-corrected chi connectivity index (χ4v) is 1.42. The van der Waals surface area contributed by atoms with Crippen molar-refractivity contribution in [3.8, 4) is 0 Å². The number of carboxylic acid groups (broad SMARTS) is 1. The lowest BCUT2D eigenvalue weighted by Crippen LogP contribution is -2.00. The Kier molecular flexibility index (Phi) is 2.88. The van der Waals surface area contributed by atoms with Crippen LogP contribution in [0.5, 0.6) is 0 Å². The molecule has 13 heavy (non-hydrogen) atoms. The van der Waals surface area contributed by atoms with Gasteiger partial charge in [0.05, 0.1) is 5.57 Å². The molecule has 0 atom stereocenters. The molecule has 1 aromatic carbocycles. The highest BCUT2D eigenvalue weighted by atomic mass is 79.9. The van der Waals surface area contributed by atoms with Crippen LogP contribution in [0.2, 0.25) is 0 Å². The van der Waals surface area contributed by atoms with E-state index in [1.165, 1.54) is 0 Å². The highest BCUT2D eigenvalue weighted by Crippen LogP contribution is 2.24. The predicted molar refractivity (Wildman–Crippen MR) is 55.5 cm³/mol. The fraction of sp³-hybridized carbons (Fsp3) is 0.100. The van der Waals surface area contributed by atoms with E-state index in [1.54, 1.807) is 12.1 Å². The van der Waals surface area contributed by atoms with Crippen LogP contribution in [0.15, 0.2) is 29.3 Å². The Morgan fingerprint density at radius 2 is 2.15 bits per heavy atom. The van der Waals surface area contributed by atoms with Crippen molar-refractivity contribution in [2.45, 2.75) is 6.92 Å². The van der Waals surface area contributed by atoms with Crippen molar-refractivity contribution in [1.29, 1.82) is 0 Å². The maximum Gasteiger partial charge on any atom is 0.335 e. The molecule has 0 aliphatic heterocycles. The summed E-state index contributed by atoms with van der Waals surface area (Å²) in [6.07, 6.45) is 0. The van der Waals surface area contributed by atoms with E-state index in [0.717, 1.165) is 10.0 Å². The summed E-state index contributed by atoms with van der Waals surface area (Å²) in [5.74, 6) is -0.985. The van der Waals surface area contributed by atoms with Gasteiger partial charge < -0.3 is 5.11 Å². The van der Waals surface area contributed by atoms with Gasteiger partial charge in [0, 0.05) is 4.47 Å². The molecule has 0 radical (unpaired) electrons. The molecule has 2 nitrogen and oxygen atoms in total. The fourth-order valence-electron chi connectivity index (χ4n) is 1.05. The smallest absolute Gasteiger partial charge is 0.335 e. The van der Waals surface area contributed by atoms with Crippen LogP contribution >= 0.6 is 15.9 Å². The average Bonchev–Trinajstić information content (AvgIpc) is 2.08. The number of carboxylic acids is 1. The number of rotatable bonds is 2. The summed E-state index contributed by atoms with van der Waals surface area (Å²) in [4.78, 5) is 10.6. The minimum absolute atomic E-state index is 0.124. The third kappa shape index (κ3) is 1.98. The Morgan fingerprint density at radius 3 is 2.69 bits per heavy atom. The first-order valence-corrected chi connectivity index (χ1v) is 4.51. The largest absolute Gasteiger partial charge is 0.478 e. The molecule has 0 aromatic heterocycles. The van der Waals surface area contributed by atoms with Gasteiger partial charge in [-0.1, -0.05) is 34.6 Å². The number of halogens is 1. The number of aliphatic carboxylic acids is 1. The van der Waals surface area contributed by atoms with Crippen molar-refractivity contribution in [2.75, 3.05) is 0 Å². The summed E-state index contributed by atoms with van der Waals surface area (Å²) in [6, 6.07) is 5.41. The zero-order valence-electron chi connectivity index (χ0n) is 7.17. The van der Waals surface area contributed by atoms with Crippen molar-refractivity contribution in [3.63, 3.8) is 0 Å². The van der Waals surface area contributed by atoms with Crippen LogP contribution < -0.4 is 0 Å². The van der Waals surface area contributed by atoms with Gasteiger partial charge in [-0.3, -0.25) is 0 Å². The summed E-state index contributed by atoms with van der Waals surface area (Å²) < 4.78 is 0.896. The predicted octanol–water partition coefficient (Wildman–Crippen LogP) is 2.86. The standard InChI is InChI=1S/C10H9BrO2/c1-6-8(7(2)10(12)13)4-3-5-9(6)11/h3-5H,2H2,1H3,(H,12,13). The lowest BCUT2D eigenvalue weighted by molar-refractivity contribution is -0.130. The van der Waals surface area contributed by atoms with Crippen molar-refractivity contribution in [2.24, 2.45) is 0 Å². The summed E-state index contributed by atoms with van der Waals surface area (Å²) in [6.45, 7) is 5.36. The zero-order chi connectivity index (χ0) is 10.0. The third-order valence-corrected chi connectivity index (χ3v) is 2.71. The van der Waals surface area contributed by atoms with Gasteiger partial charge in [-0.25, -0.2) is 4.79 Å². The summed E-state index contributed by atoms with van der Waals surface area (Å²) in [7, 11) is 0. The molecule has 0 amide bonds. The van der Waals surface area contributed by atoms with E-state index in [1.807, 2.05) is 13.0 Å². The molecule has 0 aliphatic rings. The van der Waals surface area contributed by atoms with Gasteiger partial charge in [0.15, 0.2) is 0 Å². The molecular weight excluding hydrogens is 232 g/mol. The van der Waals surface area contributed by atoms with E-state index in [-0.39, 0.29) is 5.57 Å². The van der Waals surface area contributed by atoms with Crippen molar-refractivity contribution < 1.29 is 9.90 Å². The Labute approximate surface area is 85.0 Å². The first-order chi connectivity index (χ1) is 6.04. The quantitative estimate of drug-likeness (QED) is 0.808. The van der Waals surface area contributed by atoms with Crippen LogP contribution in [-0.2, 0) is 4.79 Å². The van der Waals surface area contributed by atoms with E-state index in [0.29, 0.717) is 5.56 Å². The van der Waals surface area contributed by atoms with Gasteiger partial charge in [-0.2, -0.15) is 0 Å². The topological polar surface area (TPSA) is 37.3 Å². The Hall–Kier alpha value is -1.09. The van der Waals surface area contributed by atoms with Gasteiger partial charge in [0.2, 0.25) is 0 Å². The lowest BCUT2D eigenvalue weighted by atomic mass is 10.0. The summed E-state index contributed by atoms with van der Waals surface area (Å²) in [5, 5.41) is 8.74. The second-order valence-corrected chi connectivity index (χ2v) is 3.55. The van der Waals surface area contributed by atoms with Crippen molar-refractivity contribution in [3.05, 3.63) is 40.4 Å². The Balaban J connectivity index is 3.23. The van der Waals surface area contributed by atoms with E-state index >= 15 is 0 Å². The molecule has 0 saturated heterocycles. The molecule has 68 valence electrons. The van der Waals surface area contributed by atoms with Gasteiger partial charge in [-0.15, -0.1) is 0 Å². The first kappa shape index (κ1) is 9.99. The van der Waals surface area contributed by atoms with Crippen LogP contribution in [0.1, 0.15) is 11.1 Å². The summed E-state index contributed by atoms with van der Waals surface area (Å²) in [5.41, 5.74) is 1.69. The van der Waals surface area contributed by atoms with Crippen LogP contribution in [0.25, 0.3) is 5.57 Å². The Bertz CT molecular complexity index is 369. The van der Waals surface area contributed by atoms with Gasteiger partial charge in [0.25, 0.3) is 0 Å². The van der Waals surface area contributed by atoms with Crippen LogP contribution in [-0.4, -0.2) is 11.1 Å². The van der Waals surface area contributed by atoms with E-state index in [4.69, 9.17) is 5.11 Å². The van der Waals surface area contributed by atoms with Gasteiger partial charge >= 0.3 is 5.97 Å². The maximum atomic E-state index is 10.6. The molecule has 0 bridgehead atoms. The minimum Gasteiger partial charge on any atom is -0.478 e. The highest BCUT2D eigenvalue weighted by Gasteiger charge is 2.10. The molecule has 1 N–H and O–H groups in total. The normalized spacial score (nSPS) is 9.69. The molecule has 0 fully saturated rings. The molecule has 1 aromatic rings. The van der Waals surface area contributed by atoms with Crippen molar-refractivity contribution >= 4 is 27.5 Å². The third-order valence-electron chi connectivity index (χ3n) is 1.85. The lowest BCUT2D eigenvalue weighted by Gasteiger charge is -2.06. The number of benzene rings is 1.